The monoisotopic (exact) mass is 561 g/mol. The van der Waals surface area contributed by atoms with Crippen LogP contribution < -0.4 is 9.64 Å². The predicted molar refractivity (Wildman–Crippen MR) is 157 cm³/mol. The Morgan fingerprint density at radius 3 is 2.55 bits per heavy atom. The summed E-state index contributed by atoms with van der Waals surface area (Å²) in [4.78, 5) is 19.4. The van der Waals surface area contributed by atoms with Crippen molar-refractivity contribution >= 4 is 39.1 Å². The molecule has 1 atom stereocenters. The number of anilines is 1. The number of benzene rings is 2. The van der Waals surface area contributed by atoms with E-state index in [2.05, 4.69) is 33.1 Å². The summed E-state index contributed by atoms with van der Waals surface area (Å²) in [6.45, 7) is 4.74. The normalized spacial score (nSPS) is 17.1. The zero-order valence-electron chi connectivity index (χ0n) is 23.1. The van der Waals surface area contributed by atoms with Gasteiger partial charge < -0.3 is 19.4 Å². The first-order valence-electron chi connectivity index (χ1n) is 13.5. The molecule has 8 nitrogen and oxygen atoms in total. The van der Waals surface area contributed by atoms with Crippen molar-refractivity contribution in [1.82, 2.24) is 24.8 Å². The molecule has 0 radical (unpaired) electrons. The lowest BCUT2D eigenvalue weighted by Gasteiger charge is -2.23. The van der Waals surface area contributed by atoms with Gasteiger partial charge in [0.2, 0.25) is 0 Å². The molecule has 4 heterocycles. The molecule has 2 aliphatic heterocycles. The Kier molecular flexibility index (Phi) is 8.48. The number of rotatable bonds is 5. The molecule has 2 fully saturated rings. The van der Waals surface area contributed by atoms with Gasteiger partial charge in [0, 0.05) is 48.9 Å². The van der Waals surface area contributed by atoms with Gasteiger partial charge in [0.15, 0.2) is 12.0 Å². The quantitative estimate of drug-likeness (QED) is 0.291. The van der Waals surface area contributed by atoms with E-state index < -0.39 is 5.82 Å². The topological polar surface area (TPSA) is 81.4 Å². The van der Waals surface area contributed by atoms with E-state index in [0.717, 1.165) is 23.7 Å². The smallest absolute Gasteiger partial charge is 0.318 e. The number of hydrogen-bond donors (Lipinski definition) is 0. The fourth-order valence-corrected chi connectivity index (χ4v) is 5.79. The van der Waals surface area contributed by atoms with Crippen molar-refractivity contribution in [1.29, 1.82) is 5.26 Å². The Bertz CT molecular complexity index is 1550. The van der Waals surface area contributed by atoms with Crippen LogP contribution in [0.4, 0.5) is 10.2 Å². The minimum Gasteiger partial charge on any atom is -0.467 e. The van der Waals surface area contributed by atoms with E-state index in [1.807, 2.05) is 36.2 Å². The maximum atomic E-state index is 16.0. The van der Waals surface area contributed by atoms with Crippen LogP contribution in [0.1, 0.15) is 19.3 Å². The average molecular weight is 562 g/mol. The number of halogens is 2. The first-order valence-corrected chi connectivity index (χ1v) is 13.9. The number of ether oxygens (including phenoxy) is 1. The van der Waals surface area contributed by atoms with Gasteiger partial charge in [-0.05, 0) is 56.8 Å². The summed E-state index contributed by atoms with van der Waals surface area (Å²) in [6.07, 6.45) is 7.54. The van der Waals surface area contributed by atoms with Crippen LogP contribution in [0.15, 0.2) is 42.6 Å². The number of hydrogen-bond acceptors (Lipinski definition) is 8. The van der Waals surface area contributed by atoms with E-state index in [4.69, 9.17) is 21.6 Å². The van der Waals surface area contributed by atoms with E-state index in [0.29, 0.717) is 40.8 Å². The first-order chi connectivity index (χ1) is 19.4. The van der Waals surface area contributed by atoms with Crippen molar-refractivity contribution in [3.63, 3.8) is 0 Å². The largest absolute Gasteiger partial charge is 0.467 e. The highest BCUT2D eigenvalue weighted by Gasteiger charge is 2.25. The number of nitrogens with zero attached hydrogens (tertiary/aromatic N) is 7. The van der Waals surface area contributed by atoms with Crippen LogP contribution in [-0.4, -0.2) is 78.7 Å². The molecule has 4 aromatic rings. The van der Waals surface area contributed by atoms with Gasteiger partial charge in [-0.2, -0.15) is 15.2 Å². The highest BCUT2D eigenvalue weighted by molar-refractivity contribution is 6.36. The van der Waals surface area contributed by atoms with Crippen molar-refractivity contribution in [2.45, 2.75) is 19.3 Å². The molecule has 1 unspecified atom stereocenters. The highest BCUT2D eigenvalue weighted by atomic mass is 35.5. The number of likely N-dealkylation sites (tertiary alicyclic amines) is 2. The predicted octanol–water partition coefficient (Wildman–Crippen LogP) is 5.60. The fraction of sp³-hybridized carbons (Fsp3) is 0.400. The Balaban J connectivity index is 0.000000477. The van der Waals surface area contributed by atoms with E-state index in [1.54, 1.807) is 23.2 Å². The third-order valence-electron chi connectivity index (χ3n) is 7.59. The maximum absolute atomic E-state index is 16.0. The van der Waals surface area contributed by atoms with E-state index in [-0.39, 0.29) is 17.2 Å². The summed E-state index contributed by atoms with van der Waals surface area (Å²) in [5.74, 6) is 0.276. The average Bonchev–Trinajstić information content (AvgIpc) is 3.64. The third-order valence-corrected chi connectivity index (χ3v) is 7.90. The van der Waals surface area contributed by atoms with Crippen LogP contribution in [0.3, 0.4) is 0 Å². The number of nitriles is 1. The molecule has 2 saturated heterocycles. The van der Waals surface area contributed by atoms with Crippen LogP contribution in [0.5, 0.6) is 6.01 Å². The molecular formula is C30H33ClFN7O. The lowest BCUT2D eigenvalue weighted by Crippen LogP contribution is -2.28. The number of pyridine rings is 1. The van der Waals surface area contributed by atoms with Gasteiger partial charge in [0.1, 0.15) is 17.0 Å². The zero-order chi connectivity index (χ0) is 28.2. The van der Waals surface area contributed by atoms with Crippen LogP contribution in [-0.2, 0) is 0 Å². The summed E-state index contributed by atoms with van der Waals surface area (Å²) in [7, 11) is 5.52. The van der Waals surface area contributed by atoms with Crippen molar-refractivity contribution in [2.24, 2.45) is 5.92 Å². The van der Waals surface area contributed by atoms with Gasteiger partial charge >= 0.3 is 6.01 Å². The van der Waals surface area contributed by atoms with Crippen LogP contribution >= 0.6 is 11.6 Å². The zero-order valence-corrected chi connectivity index (χ0v) is 23.8. The van der Waals surface area contributed by atoms with Gasteiger partial charge in [0.05, 0.1) is 12.5 Å². The summed E-state index contributed by atoms with van der Waals surface area (Å²) in [6, 6.07) is 11.2. The van der Waals surface area contributed by atoms with Crippen LogP contribution in [0, 0.1) is 23.2 Å². The Hall–Kier alpha value is -3.74. The molecule has 0 spiro atoms. The number of aromatic nitrogens is 3. The number of fused-ring (bicyclic) bond motifs is 2. The molecule has 0 bridgehead atoms. The van der Waals surface area contributed by atoms with E-state index in [1.165, 1.54) is 33.0 Å². The van der Waals surface area contributed by atoms with Crippen molar-refractivity contribution in [3.8, 4) is 23.5 Å². The molecule has 2 aliphatic rings. The summed E-state index contributed by atoms with van der Waals surface area (Å²) in [5.41, 5.74) is 0.895. The second kappa shape index (κ2) is 12.2. The molecule has 40 heavy (non-hydrogen) atoms. The molecule has 10 heteroatoms. The van der Waals surface area contributed by atoms with E-state index >= 15 is 4.39 Å². The Morgan fingerprint density at radius 2 is 1.90 bits per heavy atom. The Morgan fingerprint density at radius 1 is 1.15 bits per heavy atom. The third kappa shape index (κ3) is 5.74. The summed E-state index contributed by atoms with van der Waals surface area (Å²) in [5, 5.41) is 11.8. The first kappa shape index (κ1) is 27.8. The lowest BCUT2D eigenvalue weighted by molar-refractivity contribution is 0.381. The van der Waals surface area contributed by atoms with Gasteiger partial charge in [-0.25, -0.2) is 4.39 Å². The molecule has 0 N–H and O–H groups in total. The second-order valence-electron chi connectivity index (χ2n) is 10.5. The highest BCUT2D eigenvalue weighted by Crippen LogP contribution is 2.37. The fourth-order valence-electron chi connectivity index (χ4n) is 5.51. The maximum Gasteiger partial charge on any atom is 0.318 e. The second-order valence-corrected chi connectivity index (χ2v) is 10.9. The molecule has 208 valence electrons. The molecule has 0 aliphatic carbocycles. The lowest BCUT2D eigenvalue weighted by atomic mass is 10.0. The van der Waals surface area contributed by atoms with Crippen LogP contribution in [0.25, 0.3) is 32.9 Å². The van der Waals surface area contributed by atoms with E-state index in [9.17, 15) is 0 Å². The minimum atomic E-state index is -0.559. The summed E-state index contributed by atoms with van der Waals surface area (Å²) >= 11 is 6.47. The molecule has 0 saturated carbocycles. The Labute approximate surface area is 239 Å². The standard InChI is InChI=1S/C25H22ClFN6O.C5H11N/c1-32(12-15-9-10-33(13-15)14-28)24-18-11-29-22(21(27)23(18)30-25(31-24)34-2)17-7-3-5-16-6-4-8-19(26)20(16)17;1-6-4-2-3-5-6/h3-8,11,15H,9-10,12-13H2,1-2H3;2-5H2,1H3. The van der Waals surface area contributed by atoms with Gasteiger partial charge in [0.25, 0.3) is 0 Å². The molecule has 2 aromatic heterocycles. The molecule has 0 amide bonds. The number of methoxy groups -OCH3 is 1. The van der Waals surface area contributed by atoms with Crippen molar-refractivity contribution < 1.29 is 9.13 Å². The summed E-state index contributed by atoms with van der Waals surface area (Å²) < 4.78 is 21.3. The van der Waals surface area contributed by atoms with Crippen molar-refractivity contribution in [3.05, 3.63) is 53.4 Å². The van der Waals surface area contributed by atoms with Gasteiger partial charge in [-0.3, -0.25) is 4.98 Å². The van der Waals surface area contributed by atoms with Gasteiger partial charge in [-0.1, -0.05) is 41.9 Å². The molecule has 6 rings (SSSR count). The minimum absolute atomic E-state index is 0.0754. The SMILES string of the molecule is CN1CCCC1.COc1nc(N(C)CC2CCN(C#N)C2)c2cnc(-c3cccc4cccc(Cl)c34)c(F)c2n1. The van der Waals surface area contributed by atoms with Crippen LogP contribution in [0.2, 0.25) is 5.02 Å². The molecule has 2 aromatic carbocycles. The van der Waals surface area contributed by atoms with Crippen molar-refractivity contribution in [2.75, 3.05) is 58.8 Å². The van der Waals surface area contributed by atoms with Gasteiger partial charge in [-0.15, -0.1) is 0 Å². The molecular weight excluding hydrogens is 529 g/mol.